The van der Waals surface area contributed by atoms with Crippen LogP contribution in [0.2, 0.25) is 0 Å². The molecule has 3 rings (SSSR count). The quantitative estimate of drug-likeness (QED) is 0.803. The van der Waals surface area contributed by atoms with Crippen LogP contribution < -0.4 is 5.32 Å². The number of aromatic nitrogens is 1. The average Bonchev–Trinajstić information content (AvgIpc) is 3.18. The highest BCUT2D eigenvalue weighted by molar-refractivity contribution is 5.92. The number of aliphatic hydroxyl groups is 1. The fourth-order valence-electron chi connectivity index (χ4n) is 3.80. The molecule has 2 fully saturated rings. The zero-order valence-corrected chi connectivity index (χ0v) is 15.3. The Bertz CT molecular complexity index is 581. The first-order valence-electron chi connectivity index (χ1n) is 9.32. The molecule has 3 heterocycles. The van der Waals surface area contributed by atoms with Crippen LogP contribution in [0.25, 0.3) is 0 Å². The number of carbonyl (C=O) groups excluding carboxylic acids is 1. The minimum absolute atomic E-state index is 0.196. The molecule has 0 bridgehead atoms. The maximum Gasteiger partial charge on any atom is 0.273 e. The molecule has 140 valence electrons. The SMILES string of the molecule is CC(C)(CN1CCCC1)NC(=O)c1cc(CN2CCCC(O)C2)on1. The fourth-order valence-corrected chi connectivity index (χ4v) is 3.80. The Kier molecular flexibility index (Phi) is 5.76. The Balaban J connectivity index is 1.52. The summed E-state index contributed by atoms with van der Waals surface area (Å²) in [5.74, 6) is 0.467. The molecule has 0 aliphatic carbocycles. The van der Waals surface area contributed by atoms with Crippen LogP contribution in [0.3, 0.4) is 0 Å². The number of piperidine rings is 1. The minimum atomic E-state index is -0.308. The number of rotatable bonds is 6. The first kappa shape index (κ1) is 18.4. The second kappa shape index (κ2) is 7.85. The lowest BCUT2D eigenvalue weighted by Gasteiger charge is -2.30. The van der Waals surface area contributed by atoms with Crippen molar-refractivity contribution in [2.45, 2.75) is 57.7 Å². The molecule has 2 N–H and O–H groups in total. The summed E-state index contributed by atoms with van der Waals surface area (Å²) >= 11 is 0. The summed E-state index contributed by atoms with van der Waals surface area (Å²) in [6.07, 6.45) is 4.04. The summed E-state index contributed by atoms with van der Waals surface area (Å²) in [7, 11) is 0. The molecule has 1 unspecified atom stereocenters. The van der Waals surface area contributed by atoms with E-state index in [9.17, 15) is 9.90 Å². The van der Waals surface area contributed by atoms with E-state index in [0.29, 0.717) is 24.5 Å². The van der Waals surface area contributed by atoms with E-state index in [-0.39, 0.29) is 17.6 Å². The van der Waals surface area contributed by atoms with Gasteiger partial charge in [0.1, 0.15) is 0 Å². The molecule has 1 aromatic rings. The molecule has 1 amide bonds. The van der Waals surface area contributed by atoms with Gasteiger partial charge in [-0.3, -0.25) is 9.69 Å². The maximum absolute atomic E-state index is 12.5. The van der Waals surface area contributed by atoms with Gasteiger partial charge in [-0.05, 0) is 59.2 Å². The molecule has 0 spiro atoms. The second-order valence-electron chi connectivity index (χ2n) is 8.03. The smallest absolute Gasteiger partial charge is 0.273 e. The molecule has 2 aliphatic rings. The van der Waals surface area contributed by atoms with E-state index in [2.05, 4.69) is 20.3 Å². The molecular formula is C18H30N4O3. The van der Waals surface area contributed by atoms with Gasteiger partial charge in [0.2, 0.25) is 0 Å². The Morgan fingerprint density at radius 3 is 2.76 bits per heavy atom. The van der Waals surface area contributed by atoms with E-state index in [4.69, 9.17) is 4.52 Å². The van der Waals surface area contributed by atoms with Crippen molar-refractivity contribution in [1.29, 1.82) is 0 Å². The van der Waals surface area contributed by atoms with Gasteiger partial charge < -0.3 is 19.8 Å². The van der Waals surface area contributed by atoms with Crippen molar-refractivity contribution < 1.29 is 14.4 Å². The lowest BCUT2D eigenvalue weighted by atomic mass is 10.0. The topological polar surface area (TPSA) is 81.8 Å². The highest BCUT2D eigenvalue weighted by Crippen LogP contribution is 2.16. The largest absolute Gasteiger partial charge is 0.392 e. The number of amides is 1. The van der Waals surface area contributed by atoms with Crippen molar-refractivity contribution in [1.82, 2.24) is 20.3 Å². The van der Waals surface area contributed by atoms with Gasteiger partial charge in [0.25, 0.3) is 5.91 Å². The second-order valence-corrected chi connectivity index (χ2v) is 8.03. The summed E-state index contributed by atoms with van der Waals surface area (Å²) in [6, 6.07) is 1.71. The van der Waals surface area contributed by atoms with Gasteiger partial charge >= 0.3 is 0 Å². The molecule has 25 heavy (non-hydrogen) atoms. The predicted octanol–water partition coefficient (Wildman–Crippen LogP) is 1.24. The first-order valence-corrected chi connectivity index (χ1v) is 9.32. The molecule has 0 radical (unpaired) electrons. The van der Waals surface area contributed by atoms with Crippen LogP contribution in [-0.2, 0) is 6.54 Å². The van der Waals surface area contributed by atoms with E-state index < -0.39 is 0 Å². The monoisotopic (exact) mass is 350 g/mol. The molecular weight excluding hydrogens is 320 g/mol. The highest BCUT2D eigenvalue weighted by Gasteiger charge is 2.27. The Hall–Kier alpha value is -1.44. The third-order valence-electron chi connectivity index (χ3n) is 4.92. The van der Waals surface area contributed by atoms with Crippen molar-refractivity contribution in [2.24, 2.45) is 0 Å². The van der Waals surface area contributed by atoms with Gasteiger partial charge in [-0.25, -0.2) is 0 Å². The molecule has 7 nitrogen and oxygen atoms in total. The van der Waals surface area contributed by atoms with E-state index in [1.807, 2.05) is 13.8 Å². The van der Waals surface area contributed by atoms with Crippen molar-refractivity contribution in [2.75, 3.05) is 32.7 Å². The number of nitrogens with one attached hydrogen (secondary N) is 1. The van der Waals surface area contributed by atoms with Crippen molar-refractivity contribution in [3.63, 3.8) is 0 Å². The number of nitrogens with zero attached hydrogens (tertiary/aromatic N) is 3. The zero-order chi connectivity index (χ0) is 17.9. The van der Waals surface area contributed by atoms with Gasteiger partial charge in [0, 0.05) is 24.7 Å². The van der Waals surface area contributed by atoms with E-state index in [1.54, 1.807) is 6.07 Å². The van der Waals surface area contributed by atoms with E-state index >= 15 is 0 Å². The average molecular weight is 350 g/mol. The van der Waals surface area contributed by atoms with Gasteiger partial charge in [0.05, 0.1) is 12.6 Å². The van der Waals surface area contributed by atoms with Crippen LogP contribution in [0.15, 0.2) is 10.6 Å². The maximum atomic E-state index is 12.5. The highest BCUT2D eigenvalue weighted by atomic mass is 16.5. The minimum Gasteiger partial charge on any atom is -0.392 e. The summed E-state index contributed by atoms with van der Waals surface area (Å²) < 4.78 is 5.33. The molecule has 2 aliphatic heterocycles. The lowest BCUT2D eigenvalue weighted by Crippen LogP contribution is -2.51. The number of β-amino-alcohol motifs (C(OH)–C–C–N with tert-alkyl or cyclic N) is 1. The Morgan fingerprint density at radius 1 is 1.32 bits per heavy atom. The van der Waals surface area contributed by atoms with Gasteiger partial charge in [-0.2, -0.15) is 0 Å². The molecule has 1 atom stereocenters. The molecule has 0 aromatic carbocycles. The molecule has 0 saturated carbocycles. The first-order chi connectivity index (χ1) is 11.9. The van der Waals surface area contributed by atoms with Crippen LogP contribution in [0.4, 0.5) is 0 Å². The molecule has 7 heteroatoms. The number of likely N-dealkylation sites (tertiary alicyclic amines) is 2. The number of carbonyl (C=O) groups is 1. The predicted molar refractivity (Wildman–Crippen MR) is 94.2 cm³/mol. The van der Waals surface area contributed by atoms with Gasteiger partial charge in [-0.15, -0.1) is 0 Å². The molecule has 2 saturated heterocycles. The van der Waals surface area contributed by atoms with Crippen LogP contribution in [0.5, 0.6) is 0 Å². The number of hydrogen-bond donors (Lipinski definition) is 2. The van der Waals surface area contributed by atoms with Crippen LogP contribution >= 0.6 is 0 Å². The summed E-state index contributed by atoms with van der Waals surface area (Å²) in [6.45, 7) is 9.29. The van der Waals surface area contributed by atoms with Crippen molar-refractivity contribution >= 4 is 5.91 Å². The Labute approximate surface area is 149 Å². The standard InChI is InChI=1S/C18H30N4O3/c1-18(2,13-21-7-3-4-8-21)19-17(24)16-10-15(25-20-16)12-22-9-5-6-14(23)11-22/h10,14,23H,3-9,11-13H2,1-2H3,(H,19,24). The third-order valence-corrected chi connectivity index (χ3v) is 4.92. The normalized spacial score (nSPS) is 23.1. The van der Waals surface area contributed by atoms with Crippen molar-refractivity contribution in [3.8, 4) is 0 Å². The summed E-state index contributed by atoms with van der Waals surface area (Å²) in [5.41, 5.74) is 0.0133. The lowest BCUT2D eigenvalue weighted by molar-refractivity contribution is 0.0622. The number of hydrogen-bond acceptors (Lipinski definition) is 6. The fraction of sp³-hybridized carbons (Fsp3) is 0.778. The Morgan fingerprint density at radius 2 is 2.04 bits per heavy atom. The van der Waals surface area contributed by atoms with E-state index in [1.165, 1.54) is 12.8 Å². The third kappa shape index (κ3) is 5.26. The van der Waals surface area contributed by atoms with Gasteiger partial charge in [0.15, 0.2) is 11.5 Å². The summed E-state index contributed by atoms with van der Waals surface area (Å²) in [4.78, 5) is 17.0. The number of aliphatic hydroxyl groups excluding tert-OH is 1. The zero-order valence-electron chi connectivity index (χ0n) is 15.3. The van der Waals surface area contributed by atoms with Crippen LogP contribution in [0, 0.1) is 0 Å². The van der Waals surface area contributed by atoms with Crippen molar-refractivity contribution in [3.05, 3.63) is 17.5 Å². The van der Waals surface area contributed by atoms with E-state index in [0.717, 1.165) is 39.0 Å². The van der Waals surface area contributed by atoms with Crippen LogP contribution in [-0.4, -0.2) is 70.3 Å². The molecule has 1 aromatic heterocycles. The van der Waals surface area contributed by atoms with Gasteiger partial charge in [-0.1, -0.05) is 5.16 Å². The summed E-state index contributed by atoms with van der Waals surface area (Å²) in [5, 5.41) is 16.7. The van der Waals surface area contributed by atoms with Crippen LogP contribution in [0.1, 0.15) is 55.8 Å².